The van der Waals surface area contributed by atoms with E-state index in [1.165, 1.54) is 0 Å². The average molecular weight is 507 g/mol. The number of aromatic nitrogens is 1. The minimum atomic E-state index is -5.29. The van der Waals surface area contributed by atoms with Crippen LogP contribution in [0.1, 0.15) is 35.3 Å². The van der Waals surface area contributed by atoms with E-state index in [2.05, 4.69) is 10.3 Å². The summed E-state index contributed by atoms with van der Waals surface area (Å²) in [6.45, 7) is 0.423. The van der Waals surface area contributed by atoms with Crippen molar-refractivity contribution in [1.82, 2.24) is 4.98 Å². The number of amides is 2. The van der Waals surface area contributed by atoms with Crippen LogP contribution in [-0.4, -0.2) is 48.5 Å². The van der Waals surface area contributed by atoms with Crippen molar-refractivity contribution in [3.05, 3.63) is 53.4 Å². The standard InChI is InChI=1S/C20H18F5N3O5S/c1-19(20(23,24)25)8-11(10-3-4-12(21)14(22)15(10)33-2)16(34(19,31)32)18(30)28-9-5-6-27-13(7-9)17(26)29/h3-7,11,16H,8H2,1-2H3,(H2,26,29)(H,27,28,30)/t11-,16+,19+/m0/s1. The summed E-state index contributed by atoms with van der Waals surface area (Å²) in [5.41, 5.74) is 4.21. The summed E-state index contributed by atoms with van der Waals surface area (Å²) in [6.07, 6.45) is -5.38. The predicted molar refractivity (Wildman–Crippen MR) is 109 cm³/mol. The number of nitrogens with two attached hydrogens (primary N) is 1. The van der Waals surface area contributed by atoms with Crippen LogP contribution in [0.25, 0.3) is 0 Å². The van der Waals surface area contributed by atoms with Gasteiger partial charge in [0.1, 0.15) is 10.9 Å². The van der Waals surface area contributed by atoms with Crippen LogP contribution in [0.3, 0.4) is 0 Å². The van der Waals surface area contributed by atoms with Gasteiger partial charge in [-0.05, 0) is 31.5 Å². The van der Waals surface area contributed by atoms with Gasteiger partial charge in [-0.15, -0.1) is 0 Å². The van der Waals surface area contributed by atoms with E-state index < -0.39 is 73.1 Å². The van der Waals surface area contributed by atoms with Crippen LogP contribution in [0, 0.1) is 11.6 Å². The summed E-state index contributed by atoms with van der Waals surface area (Å²) in [6, 6.07) is 3.62. The second-order valence-corrected chi connectivity index (χ2v) is 10.3. The molecule has 1 aliphatic heterocycles. The van der Waals surface area contributed by atoms with Gasteiger partial charge in [0.2, 0.25) is 11.7 Å². The number of alkyl halides is 3. The summed E-state index contributed by atoms with van der Waals surface area (Å²) in [5, 5.41) is -0.213. The Hall–Kier alpha value is -3.29. The zero-order chi connectivity index (χ0) is 25.6. The van der Waals surface area contributed by atoms with E-state index in [4.69, 9.17) is 10.5 Å². The number of anilines is 1. The number of carbonyl (C=O) groups excluding carboxylic acids is 2. The second kappa shape index (κ2) is 8.49. The highest BCUT2D eigenvalue weighted by atomic mass is 32.2. The first-order chi connectivity index (χ1) is 15.7. The Balaban J connectivity index is 2.16. The van der Waals surface area contributed by atoms with Crippen molar-refractivity contribution >= 4 is 27.3 Å². The Kier molecular flexibility index (Phi) is 6.33. The number of pyridine rings is 1. The number of primary amides is 1. The van der Waals surface area contributed by atoms with Gasteiger partial charge in [-0.25, -0.2) is 12.8 Å². The van der Waals surface area contributed by atoms with Crippen LogP contribution in [0.4, 0.5) is 27.6 Å². The van der Waals surface area contributed by atoms with Crippen molar-refractivity contribution in [3.8, 4) is 5.75 Å². The van der Waals surface area contributed by atoms with Gasteiger partial charge >= 0.3 is 6.18 Å². The molecule has 0 spiro atoms. The Morgan fingerprint density at radius 1 is 1.24 bits per heavy atom. The molecule has 0 saturated carbocycles. The maximum Gasteiger partial charge on any atom is 0.407 e. The minimum Gasteiger partial charge on any atom is -0.493 e. The fourth-order valence-electron chi connectivity index (χ4n) is 3.92. The van der Waals surface area contributed by atoms with Gasteiger partial charge in [-0.1, -0.05) is 6.07 Å². The lowest BCUT2D eigenvalue weighted by atomic mass is 9.85. The molecule has 1 aromatic carbocycles. The van der Waals surface area contributed by atoms with Gasteiger partial charge in [0.05, 0.1) is 7.11 Å². The van der Waals surface area contributed by atoms with E-state index in [1.807, 2.05) is 0 Å². The fourth-order valence-corrected chi connectivity index (χ4v) is 6.23. The Bertz CT molecular complexity index is 1270. The molecule has 0 bridgehead atoms. The number of halogens is 5. The van der Waals surface area contributed by atoms with Gasteiger partial charge in [0, 0.05) is 23.4 Å². The third-order valence-electron chi connectivity index (χ3n) is 5.76. The van der Waals surface area contributed by atoms with Crippen molar-refractivity contribution in [1.29, 1.82) is 0 Å². The second-order valence-electron chi connectivity index (χ2n) is 7.77. The Labute approximate surface area is 190 Å². The monoisotopic (exact) mass is 507 g/mol. The molecule has 0 unspecified atom stereocenters. The molecular formula is C20H18F5N3O5S. The maximum absolute atomic E-state index is 14.3. The molecule has 1 aromatic heterocycles. The van der Waals surface area contributed by atoms with Gasteiger partial charge in [0.15, 0.2) is 26.2 Å². The normalized spacial score (nSPS) is 24.0. The molecule has 184 valence electrons. The number of benzene rings is 1. The topological polar surface area (TPSA) is 128 Å². The molecule has 34 heavy (non-hydrogen) atoms. The highest BCUT2D eigenvalue weighted by Gasteiger charge is 2.70. The van der Waals surface area contributed by atoms with E-state index in [9.17, 15) is 40.0 Å². The van der Waals surface area contributed by atoms with E-state index in [1.54, 1.807) is 0 Å². The van der Waals surface area contributed by atoms with Crippen LogP contribution in [0.15, 0.2) is 30.5 Å². The number of nitrogens with one attached hydrogen (secondary N) is 1. The number of sulfone groups is 1. The van der Waals surface area contributed by atoms with Crippen molar-refractivity contribution in [2.45, 2.75) is 35.4 Å². The van der Waals surface area contributed by atoms with Crippen LogP contribution >= 0.6 is 0 Å². The summed E-state index contributed by atoms with van der Waals surface area (Å²) in [4.78, 5) is 28.0. The molecule has 3 rings (SSSR count). The highest BCUT2D eigenvalue weighted by Crippen LogP contribution is 2.55. The number of rotatable bonds is 5. The van der Waals surface area contributed by atoms with E-state index >= 15 is 0 Å². The SMILES string of the molecule is COc1c([C@@H]2C[C@](C)(C(F)(F)F)S(=O)(=O)[C@H]2C(=O)Nc2ccnc(C(N)=O)c2)ccc(F)c1F. The number of hydrogen-bond acceptors (Lipinski definition) is 6. The molecular weight excluding hydrogens is 489 g/mol. The molecule has 3 atom stereocenters. The molecule has 2 heterocycles. The van der Waals surface area contributed by atoms with E-state index in [-0.39, 0.29) is 11.4 Å². The molecule has 2 aromatic rings. The molecule has 14 heteroatoms. The van der Waals surface area contributed by atoms with Crippen LogP contribution in [-0.2, 0) is 14.6 Å². The third-order valence-corrected chi connectivity index (χ3v) is 8.62. The minimum absolute atomic E-state index is 0.166. The first-order valence-electron chi connectivity index (χ1n) is 9.54. The zero-order valence-electron chi connectivity index (χ0n) is 17.6. The van der Waals surface area contributed by atoms with Crippen molar-refractivity contribution in [3.63, 3.8) is 0 Å². The van der Waals surface area contributed by atoms with Crippen molar-refractivity contribution in [2.75, 3.05) is 12.4 Å². The number of ether oxygens (including phenoxy) is 1. The molecule has 0 radical (unpaired) electrons. The smallest absolute Gasteiger partial charge is 0.407 e. The summed E-state index contributed by atoms with van der Waals surface area (Å²) in [7, 11) is -4.37. The molecule has 0 aliphatic carbocycles. The maximum atomic E-state index is 14.3. The van der Waals surface area contributed by atoms with Crippen molar-refractivity contribution in [2.24, 2.45) is 5.73 Å². The van der Waals surface area contributed by atoms with Gasteiger partial charge < -0.3 is 15.8 Å². The quantitative estimate of drug-likeness (QED) is 0.599. The third kappa shape index (κ3) is 3.95. The summed E-state index contributed by atoms with van der Waals surface area (Å²) >= 11 is 0. The number of methoxy groups -OCH3 is 1. The van der Waals surface area contributed by atoms with E-state index in [0.717, 1.165) is 31.5 Å². The Morgan fingerprint density at radius 3 is 2.44 bits per heavy atom. The number of carbonyl (C=O) groups is 2. The number of hydrogen-bond donors (Lipinski definition) is 2. The van der Waals surface area contributed by atoms with Crippen LogP contribution < -0.4 is 15.8 Å². The molecule has 8 nitrogen and oxygen atoms in total. The predicted octanol–water partition coefficient (Wildman–Crippen LogP) is 2.70. The fraction of sp³-hybridized carbons (Fsp3) is 0.350. The lowest BCUT2D eigenvalue weighted by molar-refractivity contribution is -0.157. The van der Waals surface area contributed by atoms with Gasteiger partial charge in [-0.3, -0.25) is 14.6 Å². The molecule has 3 N–H and O–H groups in total. The highest BCUT2D eigenvalue weighted by molar-refractivity contribution is 7.94. The van der Waals surface area contributed by atoms with Crippen molar-refractivity contribution < 1.29 is 44.7 Å². The lowest BCUT2D eigenvalue weighted by Gasteiger charge is -2.26. The first kappa shape index (κ1) is 25.3. The van der Waals surface area contributed by atoms with Crippen LogP contribution in [0.2, 0.25) is 0 Å². The van der Waals surface area contributed by atoms with Gasteiger partial charge in [0.25, 0.3) is 5.91 Å². The molecule has 1 fully saturated rings. The van der Waals surface area contributed by atoms with E-state index in [0.29, 0.717) is 13.0 Å². The summed E-state index contributed by atoms with van der Waals surface area (Å²) < 4.78 is 97.5. The van der Waals surface area contributed by atoms with Crippen LogP contribution in [0.5, 0.6) is 5.75 Å². The first-order valence-corrected chi connectivity index (χ1v) is 11.1. The lowest BCUT2D eigenvalue weighted by Crippen LogP contribution is -2.49. The van der Waals surface area contributed by atoms with Gasteiger partial charge in [-0.2, -0.15) is 17.6 Å². The Morgan fingerprint density at radius 2 is 1.88 bits per heavy atom. The zero-order valence-corrected chi connectivity index (χ0v) is 18.4. The molecule has 2 amide bonds. The molecule has 1 aliphatic rings. The molecule has 1 saturated heterocycles. The average Bonchev–Trinajstić information content (AvgIpc) is 2.96. The largest absolute Gasteiger partial charge is 0.493 e. The summed E-state index contributed by atoms with van der Waals surface area (Å²) in [5.74, 6) is -7.84. The number of nitrogens with zero attached hydrogens (tertiary/aromatic N) is 1.